The van der Waals surface area contributed by atoms with E-state index in [0.29, 0.717) is 10.6 Å². The van der Waals surface area contributed by atoms with Crippen molar-refractivity contribution in [3.8, 4) is 0 Å². The van der Waals surface area contributed by atoms with E-state index >= 15 is 0 Å². The first kappa shape index (κ1) is 17.0. The number of hydrogen-bond acceptors (Lipinski definition) is 3. The van der Waals surface area contributed by atoms with Crippen molar-refractivity contribution in [1.82, 2.24) is 9.47 Å². The molecule has 1 aliphatic heterocycles. The SMILES string of the molecule is C[C@@]1(C(=O)O)CCN(C(=O)Cn2cccc(C(F)(F)F)c2=O)C1. The fraction of sp³-hybridized carbons (Fsp3) is 0.500. The third kappa shape index (κ3) is 3.38. The number of likely N-dealkylation sites (tertiary alicyclic amines) is 1. The lowest BCUT2D eigenvalue weighted by Gasteiger charge is -2.20. The maximum Gasteiger partial charge on any atom is 0.421 e. The highest BCUT2D eigenvalue weighted by molar-refractivity contribution is 5.80. The van der Waals surface area contributed by atoms with Crippen molar-refractivity contribution in [2.45, 2.75) is 26.1 Å². The van der Waals surface area contributed by atoms with Crippen molar-refractivity contribution >= 4 is 11.9 Å². The van der Waals surface area contributed by atoms with Crippen LogP contribution in [0.2, 0.25) is 0 Å². The first-order valence-electron chi connectivity index (χ1n) is 6.82. The molecule has 23 heavy (non-hydrogen) atoms. The summed E-state index contributed by atoms with van der Waals surface area (Å²) in [4.78, 5) is 36.3. The minimum absolute atomic E-state index is 0.0329. The maximum absolute atomic E-state index is 12.7. The largest absolute Gasteiger partial charge is 0.481 e. The number of aromatic nitrogens is 1. The zero-order valence-corrected chi connectivity index (χ0v) is 12.3. The summed E-state index contributed by atoms with van der Waals surface area (Å²) < 4.78 is 38.7. The van der Waals surface area contributed by atoms with Gasteiger partial charge in [0.25, 0.3) is 5.56 Å². The number of rotatable bonds is 3. The molecule has 0 spiro atoms. The highest BCUT2D eigenvalue weighted by atomic mass is 19.4. The number of carboxylic acids is 1. The summed E-state index contributed by atoms with van der Waals surface area (Å²) in [6, 6.07) is 1.70. The number of carboxylic acid groups (broad SMARTS) is 1. The smallest absolute Gasteiger partial charge is 0.421 e. The van der Waals surface area contributed by atoms with Gasteiger partial charge < -0.3 is 14.6 Å². The summed E-state index contributed by atoms with van der Waals surface area (Å²) in [5.74, 6) is -1.62. The highest BCUT2D eigenvalue weighted by Crippen LogP contribution is 2.30. The second-order valence-corrected chi connectivity index (χ2v) is 5.78. The van der Waals surface area contributed by atoms with Crippen LogP contribution in [0.5, 0.6) is 0 Å². The number of aliphatic carboxylic acids is 1. The predicted octanol–water partition coefficient (Wildman–Crippen LogP) is 1.19. The van der Waals surface area contributed by atoms with Gasteiger partial charge in [-0.2, -0.15) is 13.2 Å². The molecule has 0 aliphatic carbocycles. The fourth-order valence-corrected chi connectivity index (χ4v) is 2.47. The van der Waals surface area contributed by atoms with Crippen LogP contribution in [0, 0.1) is 5.41 Å². The molecule has 1 atom stereocenters. The molecule has 6 nitrogen and oxygen atoms in total. The van der Waals surface area contributed by atoms with Gasteiger partial charge in [0.05, 0.1) is 5.41 Å². The topological polar surface area (TPSA) is 79.6 Å². The van der Waals surface area contributed by atoms with Gasteiger partial charge in [-0.1, -0.05) is 0 Å². The van der Waals surface area contributed by atoms with E-state index in [0.717, 1.165) is 12.3 Å². The van der Waals surface area contributed by atoms with Crippen LogP contribution in [0.3, 0.4) is 0 Å². The first-order valence-corrected chi connectivity index (χ1v) is 6.82. The Morgan fingerprint density at radius 2 is 2.04 bits per heavy atom. The van der Waals surface area contributed by atoms with E-state index in [1.807, 2.05) is 0 Å². The molecule has 1 aromatic heterocycles. The molecule has 1 amide bonds. The first-order chi connectivity index (χ1) is 10.5. The standard InChI is InChI=1S/C14H15F3N2O4/c1-13(12(22)23)4-6-19(8-13)10(20)7-18-5-2-3-9(11(18)21)14(15,16)17/h2-3,5H,4,6-8H2,1H3,(H,22,23)/t13-/m1/s1. The minimum Gasteiger partial charge on any atom is -0.481 e. The monoisotopic (exact) mass is 332 g/mol. The Kier molecular flexibility index (Phi) is 4.23. The third-order valence-corrected chi connectivity index (χ3v) is 3.97. The fourth-order valence-electron chi connectivity index (χ4n) is 2.47. The number of carbonyl (C=O) groups excluding carboxylic acids is 1. The zero-order chi connectivity index (χ0) is 17.4. The van der Waals surface area contributed by atoms with Gasteiger partial charge in [0.2, 0.25) is 5.91 Å². The normalized spacial score (nSPS) is 21.5. The van der Waals surface area contributed by atoms with Gasteiger partial charge >= 0.3 is 12.1 Å². The van der Waals surface area contributed by atoms with Crippen molar-refractivity contribution in [1.29, 1.82) is 0 Å². The Bertz CT molecular complexity index is 698. The summed E-state index contributed by atoms with van der Waals surface area (Å²) in [7, 11) is 0. The van der Waals surface area contributed by atoms with Gasteiger partial charge in [0.1, 0.15) is 12.1 Å². The molecule has 0 saturated carbocycles. The molecule has 126 valence electrons. The quantitative estimate of drug-likeness (QED) is 0.902. The molecule has 1 fully saturated rings. The van der Waals surface area contributed by atoms with E-state index in [-0.39, 0.29) is 19.5 Å². The molecular weight excluding hydrogens is 317 g/mol. The predicted molar refractivity (Wildman–Crippen MR) is 72.6 cm³/mol. The Morgan fingerprint density at radius 1 is 1.39 bits per heavy atom. The molecule has 0 bridgehead atoms. The van der Waals surface area contributed by atoms with Crippen LogP contribution in [0.15, 0.2) is 23.1 Å². The number of amides is 1. The molecule has 9 heteroatoms. The zero-order valence-electron chi connectivity index (χ0n) is 12.3. The average molecular weight is 332 g/mol. The molecule has 0 aromatic carbocycles. The number of carbonyl (C=O) groups is 2. The molecular formula is C14H15F3N2O4. The average Bonchev–Trinajstić information content (AvgIpc) is 2.84. The Morgan fingerprint density at radius 3 is 2.57 bits per heavy atom. The summed E-state index contributed by atoms with van der Waals surface area (Å²) in [5.41, 5.74) is -3.72. The summed E-state index contributed by atoms with van der Waals surface area (Å²) in [6.07, 6.45) is -3.44. The number of nitrogens with zero attached hydrogens (tertiary/aromatic N) is 2. The molecule has 2 rings (SSSR count). The molecule has 0 unspecified atom stereocenters. The number of halogens is 3. The molecule has 0 radical (unpaired) electrons. The number of hydrogen-bond donors (Lipinski definition) is 1. The van der Waals surface area contributed by atoms with Crippen LogP contribution < -0.4 is 5.56 Å². The van der Waals surface area contributed by atoms with Crippen LogP contribution in [-0.2, 0) is 22.3 Å². The van der Waals surface area contributed by atoms with E-state index in [1.165, 1.54) is 11.8 Å². The highest BCUT2D eigenvalue weighted by Gasteiger charge is 2.42. The molecule has 1 aromatic rings. The Hall–Kier alpha value is -2.32. The molecule has 1 aliphatic rings. The Labute approximate surface area is 129 Å². The van der Waals surface area contributed by atoms with E-state index in [1.54, 1.807) is 0 Å². The van der Waals surface area contributed by atoms with Crippen LogP contribution in [0.4, 0.5) is 13.2 Å². The van der Waals surface area contributed by atoms with Gasteiger partial charge in [0.15, 0.2) is 0 Å². The second kappa shape index (κ2) is 5.71. The van der Waals surface area contributed by atoms with Crippen molar-refractivity contribution in [3.05, 3.63) is 34.2 Å². The lowest BCUT2D eigenvalue weighted by molar-refractivity contribution is -0.147. The lowest BCUT2D eigenvalue weighted by Crippen LogP contribution is -2.39. The van der Waals surface area contributed by atoms with Gasteiger partial charge in [-0.15, -0.1) is 0 Å². The Balaban J connectivity index is 2.17. The van der Waals surface area contributed by atoms with Gasteiger partial charge in [-0.3, -0.25) is 14.4 Å². The van der Waals surface area contributed by atoms with Crippen LogP contribution >= 0.6 is 0 Å². The van der Waals surface area contributed by atoms with E-state index in [9.17, 15) is 27.6 Å². The van der Waals surface area contributed by atoms with Crippen molar-refractivity contribution < 1.29 is 27.9 Å². The maximum atomic E-state index is 12.7. The van der Waals surface area contributed by atoms with Crippen molar-refractivity contribution in [2.24, 2.45) is 5.41 Å². The third-order valence-electron chi connectivity index (χ3n) is 3.97. The summed E-state index contributed by atoms with van der Waals surface area (Å²) >= 11 is 0. The van der Waals surface area contributed by atoms with Crippen LogP contribution in [-0.4, -0.2) is 39.5 Å². The number of pyridine rings is 1. The second-order valence-electron chi connectivity index (χ2n) is 5.78. The molecule has 1 saturated heterocycles. The van der Waals surface area contributed by atoms with E-state index < -0.39 is 41.1 Å². The van der Waals surface area contributed by atoms with Crippen LogP contribution in [0.25, 0.3) is 0 Å². The van der Waals surface area contributed by atoms with Gasteiger partial charge in [0, 0.05) is 19.3 Å². The summed E-state index contributed by atoms with van der Waals surface area (Å²) in [6.45, 7) is 1.10. The molecule has 1 N–H and O–H groups in total. The minimum atomic E-state index is -4.79. The van der Waals surface area contributed by atoms with Crippen molar-refractivity contribution in [3.63, 3.8) is 0 Å². The van der Waals surface area contributed by atoms with Crippen LogP contribution in [0.1, 0.15) is 18.9 Å². The molecule has 2 heterocycles. The summed E-state index contributed by atoms with van der Waals surface area (Å²) in [5, 5.41) is 9.11. The van der Waals surface area contributed by atoms with E-state index in [2.05, 4.69) is 0 Å². The van der Waals surface area contributed by atoms with Gasteiger partial charge in [-0.25, -0.2) is 0 Å². The number of alkyl halides is 3. The van der Waals surface area contributed by atoms with E-state index in [4.69, 9.17) is 5.11 Å². The van der Waals surface area contributed by atoms with Crippen molar-refractivity contribution in [2.75, 3.05) is 13.1 Å². The van der Waals surface area contributed by atoms with Gasteiger partial charge in [-0.05, 0) is 25.5 Å². The lowest BCUT2D eigenvalue weighted by atomic mass is 9.90.